The van der Waals surface area contributed by atoms with Crippen LogP contribution < -0.4 is 4.90 Å². The minimum absolute atomic E-state index is 0.0806. The Kier molecular flexibility index (Phi) is 4.05. The maximum absolute atomic E-state index is 13.2. The van der Waals surface area contributed by atoms with E-state index < -0.39 is 17.8 Å². The van der Waals surface area contributed by atoms with E-state index in [1.54, 1.807) is 36.4 Å². The molecular formula is C22H15NO4. The van der Waals surface area contributed by atoms with Crippen molar-refractivity contribution in [3.63, 3.8) is 0 Å². The van der Waals surface area contributed by atoms with E-state index in [1.807, 2.05) is 30.3 Å². The summed E-state index contributed by atoms with van der Waals surface area (Å²) < 4.78 is 4.81. The molecule has 1 aliphatic heterocycles. The normalized spacial score (nSPS) is 12.9. The molecule has 0 radical (unpaired) electrons. The summed E-state index contributed by atoms with van der Waals surface area (Å²) >= 11 is 0. The lowest BCUT2D eigenvalue weighted by molar-refractivity contribution is 0.0597. The Morgan fingerprint density at radius 3 is 2.00 bits per heavy atom. The van der Waals surface area contributed by atoms with Crippen molar-refractivity contribution in [3.05, 3.63) is 89.5 Å². The maximum Gasteiger partial charge on any atom is 0.338 e. The van der Waals surface area contributed by atoms with Crippen LogP contribution in [0.25, 0.3) is 11.1 Å². The van der Waals surface area contributed by atoms with Gasteiger partial charge in [0.2, 0.25) is 0 Å². The van der Waals surface area contributed by atoms with Crippen LogP contribution in [0.3, 0.4) is 0 Å². The van der Waals surface area contributed by atoms with Crippen LogP contribution in [0.15, 0.2) is 72.8 Å². The molecule has 5 heteroatoms. The minimum Gasteiger partial charge on any atom is -0.465 e. The van der Waals surface area contributed by atoms with Crippen molar-refractivity contribution >= 4 is 23.5 Å². The first kappa shape index (κ1) is 16.7. The second kappa shape index (κ2) is 6.53. The molecule has 0 aliphatic carbocycles. The highest BCUT2D eigenvalue weighted by Gasteiger charge is 2.41. The van der Waals surface area contributed by atoms with E-state index in [2.05, 4.69) is 0 Å². The zero-order chi connectivity index (χ0) is 19.0. The van der Waals surface area contributed by atoms with E-state index in [1.165, 1.54) is 13.2 Å². The molecule has 0 aromatic heterocycles. The fraction of sp³-hybridized carbons (Fsp3) is 0.0455. The van der Waals surface area contributed by atoms with E-state index in [0.29, 0.717) is 11.3 Å². The van der Waals surface area contributed by atoms with Crippen molar-refractivity contribution < 1.29 is 19.1 Å². The summed E-state index contributed by atoms with van der Waals surface area (Å²) in [5.74, 6) is -1.63. The summed E-state index contributed by atoms with van der Waals surface area (Å²) in [6.45, 7) is 0. The van der Waals surface area contributed by atoms with Crippen molar-refractivity contribution in [2.24, 2.45) is 0 Å². The Balaban J connectivity index is 1.98. The Hall–Kier alpha value is -3.73. The van der Waals surface area contributed by atoms with Gasteiger partial charge in [-0.2, -0.15) is 0 Å². The lowest BCUT2D eigenvalue weighted by atomic mass is 9.93. The molecule has 1 aliphatic rings. The van der Waals surface area contributed by atoms with Crippen LogP contribution in [-0.4, -0.2) is 24.9 Å². The Bertz CT molecular complexity index is 1060. The van der Waals surface area contributed by atoms with E-state index >= 15 is 0 Å². The predicted octanol–water partition coefficient (Wildman–Crippen LogP) is 3.94. The van der Waals surface area contributed by atoms with Gasteiger partial charge in [-0.05, 0) is 29.3 Å². The third-order valence-corrected chi connectivity index (χ3v) is 4.54. The number of hydrogen-bond donors (Lipinski definition) is 0. The molecular weight excluding hydrogens is 342 g/mol. The standard InChI is InChI=1S/C22H15NO4/c1-27-22(26)17-13-12-16(14-8-4-2-5-9-14)18-19(17)21(25)23(20(18)24)15-10-6-3-7-11-15/h2-13H,1H3. The molecule has 27 heavy (non-hydrogen) atoms. The first-order chi connectivity index (χ1) is 13.1. The molecule has 0 bridgehead atoms. The fourth-order valence-electron chi connectivity index (χ4n) is 3.31. The van der Waals surface area contributed by atoms with E-state index in [9.17, 15) is 14.4 Å². The third kappa shape index (κ3) is 2.60. The Labute approximate surface area is 155 Å². The van der Waals surface area contributed by atoms with Gasteiger partial charge in [0.15, 0.2) is 0 Å². The van der Waals surface area contributed by atoms with Gasteiger partial charge in [0.25, 0.3) is 11.8 Å². The van der Waals surface area contributed by atoms with Crippen LogP contribution in [0, 0.1) is 0 Å². The summed E-state index contributed by atoms with van der Waals surface area (Å²) in [6, 6.07) is 21.2. The number of amides is 2. The molecule has 132 valence electrons. The van der Waals surface area contributed by atoms with Crippen LogP contribution in [0.4, 0.5) is 5.69 Å². The average molecular weight is 357 g/mol. The van der Waals surface area contributed by atoms with Crippen LogP contribution >= 0.6 is 0 Å². The largest absolute Gasteiger partial charge is 0.465 e. The highest BCUT2D eigenvalue weighted by atomic mass is 16.5. The number of para-hydroxylation sites is 1. The quantitative estimate of drug-likeness (QED) is 0.526. The van der Waals surface area contributed by atoms with Crippen LogP contribution in [0.2, 0.25) is 0 Å². The number of benzene rings is 3. The van der Waals surface area contributed by atoms with Gasteiger partial charge in [-0.25, -0.2) is 9.69 Å². The molecule has 0 N–H and O–H groups in total. The topological polar surface area (TPSA) is 63.7 Å². The van der Waals surface area contributed by atoms with Crippen molar-refractivity contribution in [2.45, 2.75) is 0 Å². The zero-order valence-corrected chi connectivity index (χ0v) is 14.5. The number of hydrogen-bond acceptors (Lipinski definition) is 4. The number of carbonyl (C=O) groups excluding carboxylic acids is 3. The molecule has 3 aromatic rings. The molecule has 4 rings (SSSR count). The summed E-state index contributed by atoms with van der Waals surface area (Å²) in [5.41, 5.74) is 2.24. The monoisotopic (exact) mass is 357 g/mol. The van der Waals surface area contributed by atoms with Gasteiger partial charge in [0.1, 0.15) is 0 Å². The highest BCUT2D eigenvalue weighted by molar-refractivity contribution is 6.37. The molecule has 3 aromatic carbocycles. The second-order valence-corrected chi connectivity index (χ2v) is 6.05. The summed E-state index contributed by atoms with van der Waals surface area (Å²) in [4.78, 5) is 39.7. The second-order valence-electron chi connectivity index (χ2n) is 6.05. The zero-order valence-electron chi connectivity index (χ0n) is 14.5. The van der Waals surface area contributed by atoms with Gasteiger partial charge in [0.05, 0.1) is 29.5 Å². The SMILES string of the molecule is COC(=O)c1ccc(-c2ccccc2)c2c1C(=O)N(c1ccccc1)C2=O. The average Bonchev–Trinajstić information content (AvgIpc) is 2.99. The fourth-order valence-corrected chi connectivity index (χ4v) is 3.31. The van der Waals surface area contributed by atoms with Crippen LogP contribution in [0.1, 0.15) is 31.1 Å². The van der Waals surface area contributed by atoms with E-state index in [4.69, 9.17) is 4.74 Å². The summed E-state index contributed by atoms with van der Waals surface area (Å²) in [6.07, 6.45) is 0. The Morgan fingerprint density at radius 2 is 1.37 bits per heavy atom. The molecule has 0 spiro atoms. The lowest BCUT2D eigenvalue weighted by Crippen LogP contribution is -2.29. The number of methoxy groups -OCH3 is 1. The molecule has 0 saturated heterocycles. The van der Waals surface area contributed by atoms with Gasteiger partial charge in [-0.1, -0.05) is 54.6 Å². The number of anilines is 1. The smallest absolute Gasteiger partial charge is 0.338 e. The van der Waals surface area contributed by atoms with E-state index in [-0.39, 0.29) is 16.7 Å². The van der Waals surface area contributed by atoms with Gasteiger partial charge in [-0.15, -0.1) is 0 Å². The third-order valence-electron chi connectivity index (χ3n) is 4.54. The summed E-state index contributed by atoms with van der Waals surface area (Å²) in [5, 5.41) is 0. The first-order valence-electron chi connectivity index (χ1n) is 8.38. The number of carbonyl (C=O) groups is 3. The van der Waals surface area contributed by atoms with Crippen molar-refractivity contribution in [1.82, 2.24) is 0 Å². The van der Waals surface area contributed by atoms with Crippen molar-refractivity contribution in [3.8, 4) is 11.1 Å². The van der Waals surface area contributed by atoms with Gasteiger partial charge >= 0.3 is 5.97 Å². The number of nitrogens with zero attached hydrogens (tertiary/aromatic N) is 1. The number of esters is 1. The highest BCUT2D eigenvalue weighted by Crippen LogP contribution is 2.37. The maximum atomic E-state index is 13.2. The van der Waals surface area contributed by atoms with Gasteiger partial charge in [0, 0.05) is 0 Å². The van der Waals surface area contributed by atoms with E-state index in [0.717, 1.165) is 10.5 Å². The van der Waals surface area contributed by atoms with Crippen molar-refractivity contribution in [2.75, 3.05) is 12.0 Å². The summed E-state index contributed by atoms with van der Waals surface area (Å²) in [7, 11) is 1.25. The molecule has 0 unspecified atom stereocenters. The van der Waals surface area contributed by atoms with Crippen LogP contribution in [0.5, 0.6) is 0 Å². The Morgan fingerprint density at radius 1 is 0.778 bits per heavy atom. The lowest BCUT2D eigenvalue weighted by Gasteiger charge is -2.13. The molecule has 2 amide bonds. The molecule has 1 heterocycles. The number of fused-ring (bicyclic) bond motifs is 1. The molecule has 0 atom stereocenters. The van der Waals surface area contributed by atoms with Gasteiger partial charge in [-0.3, -0.25) is 9.59 Å². The predicted molar refractivity (Wildman–Crippen MR) is 101 cm³/mol. The number of rotatable bonds is 3. The molecule has 5 nitrogen and oxygen atoms in total. The molecule has 0 saturated carbocycles. The van der Waals surface area contributed by atoms with Gasteiger partial charge < -0.3 is 4.74 Å². The van der Waals surface area contributed by atoms with Crippen LogP contribution in [-0.2, 0) is 4.74 Å². The van der Waals surface area contributed by atoms with Crippen molar-refractivity contribution in [1.29, 1.82) is 0 Å². The first-order valence-corrected chi connectivity index (χ1v) is 8.38. The molecule has 0 fully saturated rings. The number of imide groups is 1. The number of ether oxygens (including phenoxy) is 1. The minimum atomic E-state index is -0.651.